The Morgan fingerprint density at radius 3 is 2.75 bits per heavy atom. The Kier molecular flexibility index (Phi) is 3.15. The molecule has 0 radical (unpaired) electrons. The van der Waals surface area contributed by atoms with Gasteiger partial charge in [0, 0.05) is 5.69 Å². The topological polar surface area (TPSA) is 70.8 Å². The third kappa shape index (κ3) is 2.37. The van der Waals surface area contributed by atoms with Gasteiger partial charge in [0.1, 0.15) is 0 Å². The number of para-hydroxylation sites is 1. The van der Waals surface area contributed by atoms with Gasteiger partial charge >= 0.3 is 0 Å². The molecule has 1 aromatic heterocycles. The molecule has 0 saturated carbocycles. The first-order valence-electron chi connectivity index (χ1n) is 6.05. The summed E-state index contributed by atoms with van der Waals surface area (Å²) in [5.41, 5.74) is 2.67. The van der Waals surface area contributed by atoms with E-state index in [-0.39, 0.29) is 11.1 Å². The van der Waals surface area contributed by atoms with E-state index in [1.165, 1.54) is 0 Å². The van der Waals surface area contributed by atoms with Crippen LogP contribution in [0, 0.1) is 12.3 Å². The molecule has 2 heterocycles. The molecule has 100 valence electrons. The number of amidine groups is 1. The van der Waals surface area contributed by atoms with Crippen LogP contribution in [-0.4, -0.2) is 20.9 Å². The van der Waals surface area contributed by atoms with Crippen LogP contribution in [0.5, 0.6) is 0 Å². The van der Waals surface area contributed by atoms with Crippen molar-refractivity contribution in [2.24, 2.45) is 0 Å². The average molecular weight is 284 g/mol. The number of nitrogens with one attached hydrogen (secondary N) is 2. The van der Waals surface area contributed by atoms with Gasteiger partial charge in [0.05, 0.1) is 16.3 Å². The van der Waals surface area contributed by atoms with E-state index < -0.39 is 0 Å². The van der Waals surface area contributed by atoms with Crippen molar-refractivity contribution in [2.75, 3.05) is 0 Å². The molecule has 0 bridgehead atoms. The summed E-state index contributed by atoms with van der Waals surface area (Å²) in [7, 11) is 0. The summed E-state index contributed by atoms with van der Waals surface area (Å²) >= 11 is 1.11. The largest absolute Gasteiger partial charge is 0.301 e. The molecular formula is C14H12N4OS. The molecule has 3 rings (SSSR count). The first kappa shape index (κ1) is 12.7. The second-order valence-corrected chi connectivity index (χ2v) is 5.40. The molecule has 5 nitrogen and oxygen atoms in total. The predicted molar refractivity (Wildman–Crippen MR) is 79.7 cm³/mol. The Hall–Kier alpha value is -2.34. The van der Waals surface area contributed by atoms with Crippen molar-refractivity contribution in [1.29, 1.82) is 5.41 Å². The Labute approximate surface area is 120 Å². The summed E-state index contributed by atoms with van der Waals surface area (Å²) in [6, 6.07) is 11.7. The minimum Gasteiger partial charge on any atom is -0.301 e. The number of aryl methyl sites for hydroxylation is 1. The highest BCUT2D eigenvalue weighted by molar-refractivity contribution is 8.18. The summed E-state index contributed by atoms with van der Waals surface area (Å²) in [5.74, 6) is -0.244. The molecule has 20 heavy (non-hydrogen) atoms. The van der Waals surface area contributed by atoms with Crippen molar-refractivity contribution in [1.82, 2.24) is 15.1 Å². The number of hydrogen-bond donors (Lipinski definition) is 2. The van der Waals surface area contributed by atoms with Crippen LogP contribution < -0.4 is 5.32 Å². The van der Waals surface area contributed by atoms with Crippen molar-refractivity contribution in [3.05, 3.63) is 52.7 Å². The molecule has 0 spiro atoms. The molecule has 2 N–H and O–H groups in total. The number of rotatable bonds is 2. The third-order valence-electron chi connectivity index (χ3n) is 2.85. The molecule has 1 fully saturated rings. The Bertz CT molecular complexity index is 718. The van der Waals surface area contributed by atoms with Crippen molar-refractivity contribution < 1.29 is 4.79 Å². The molecule has 6 heteroatoms. The van der Waals surface area contributed by atoms with Crippen LogP contribution in [0.4, 0.5) is 0 Å². The predicted octanol–water partition coefficient (Wildman–Crippen LogP) is 2.32. The van der Waals surface area contributed by atoms with Crippen LogP contribution in [-0.2, 0) is 4.79 Å². The number of carbonyl (C=O) groups excluding carboxylic acids is 1. The van der Waals surface area contributed by atoms with Crippen LogP contribution in [0.1, 0.15) is 11.4 Å². The van der Waals surface area contributed by atoms with E-state index >= 15 is 0 Å². The molecular weight excluding hydrogens is 272 g/mol. The molecule has 1 aliphatic heterocycles. The smallest absolute Gasteiger partial charge is 0.264 e. The maximum atomic E-state index is 11.6. The number of aromatic nitrogens is 2. The fraction of sp³-hybridized carbons (Fsp3) is 0.0714. The number of thioether (sulfide) groups is 1. The van der Waals surface area contributed by atoms with E-state index in [0.717, 1.165) is 23.1 Å². The lowest BCUT2D eigenvalue weighted by Crippen LogP contribution is -2.18. The van der Waals surface area contributed by atoms with E-state index in [4.69, 9.17) is 5.41 Å². The maximum Gasteiger partial charge on any atom is 0.264 e. The molecule has 0 unspecified atom stereocenters. The van der Waals surface area contributed by atoms with Crippen LogP contribution in [0.2, 0.25) is 0 Å². The number of carbonyl (C=O) groups is 1. The Balaban J connectivity index is 1.96. The molecule has 0 aliphatic carbocycles. The van der Waals surface area contributed by atoms with Gasteiger partial charge in [-0.2, -0.15) is 5.10 Å². The third-order valence-corrected chi connectivity index (χ3v) is 3.68. The van der Waals surface area contributed by atoms with E-state index in [0.29, 0.717) is 10.6 Å². The highest BCUT2D eigenvalue weighted by Gasteiger charge is 2.22. The van der Waals surface area contributed by atoms with Crippen LogP contribution in [0.25, 0.3) is 11.8 Å². The second-order valence-electron chi connectivity index (χ2n) is 4.35. The SMILES string of the molecule is Cc1cc(C=C2SC(=N)NC2=O)nn1-c1ccccc1. The Morgan fingerprint density at radius 2 is 2.10 bits per heavy atom. The molecule has 1 saturated heterocycles. The van der Waals surface area contributed by atoms with E-state index in [2.05, 4.69) is 10.4 Å². The number of nitrogens with zero attached hydrogens (tertiary/aromatic N) is 2. The van der Waals surface area contributed by atoms with Crippen molar-refractivity contribution in [3.63, 3.8) is 0 Å². The van der Waals surface area contributed by atoms with Gasteiger partial charge in [0.15, 0.2) is 5.17 Å². The van der Waals surface area contributed by atoms with Gasteiger partial charge in [0.2, 0.25) is 0 Å². The van der Waals surface area contributed by atoms with Gasteiger partial charge in [0.25, 0.3) is 5.91 Å². The highest BCUT2D eigenvalue weighted by atomic mass is 32.2. The van der Waals surface area contributed by atoms with Crippen molar-refractivity contribution in [3.8, 4) is 5.69 Å². The van der Waals surface area contributed by atoms with Gasteiger partial charge in [-0.15, -0.1) is 0 Å². The summed E-state index contributed by atoms with van der Waals surface area (Å²) in [6.45, 7) is 1.96. The highest BCUT2D eigenvalue weighted by Crippen LogP contribution is 2.25. The fourth-order valence-corrected chi connectivity index (χ4v) is 2.66. The van der Waals surface area contributed by atoms with E-state index in [1.54, 1.807) is 6.08 Å². The summed E-state index contributed by atoms with van der Waals surface area (Å²) in [5, 5.41) is 14.5. The van der Waals surface area contributed by atoms with Gasteiger partial charge in [-0.25, -0.2) is 4.68 Å². The summed E-state index contributed by atoms with van der Waals surface area (Å²) in [4.78, 5) is 12.1. The quantitative estimate of drug-likeness (QED) is 0.831. The second kappa shape index (κ2) is 4.97. The zero-order chi connectivity index (χ0) is 14.1. The van der Waals surface area contributed by atoms with Gasteiger partial charge < -0.3 is 5.32 Å². The average Bonchev–Trinajstić information content (AvgIpc) is 2.94. The van der Waals surface area contributed by atoms with Gasteiger partial charge in [-0.3, -0.25) is 10.2 Å². The van der Waals surface area contributed by atoms with Gasteiger partial charge in [-0.1, -0.05) is 18.2 Å². The lowest BCUT2D eigenvalue weighted by molar-refractivity contribution is -0.115. The molecule has 2 aromatic rings. The maximum absolute atomic E-state index is 11.6. The van der Waals surface area contributed by atoms with Crippen LogP contribution in [0.3, 0.4) is 0 Å². The molecule has 1 amide bonds. The van der Waals surface area contributed by atoms with E-state index in [9.17, 15) is 4.79 Å². The summed E-state index contributed by atoms with van der Waals surface area (Å²) < 4.78 is 1.83. The lowest BCUT2D eigenvalue weighted by Gasteiger charge is -2.02. The van der Waals surface area contributed by atoms with Gasteiger partial charge in [-0.05, 0) is 43.0 Å². The minimum atomic E-state index is -0.244. The fourth-order valence-electron chi connectivity index (χ4n) is 1.98. The summed E-state index contributed by atoms with van der Waals surface area (Å²) in [6.07, 6.45) is 1.70. The van der Waals surface area contributed by atoms with E-state index in [1.807, 2.05) is 48.0 Å². The van der Waals surface area contributed by atoms with Crippen molar-refractivity contribution in [2.45, 2.75) is 6.92 Å². The van der Waals surface area contributed by atoms with Crippen molar-refractivity contribution >= 4 is 28.9 Å². The van der Waals surface area contributed by atoms with Crippen LogP contribution in [0.15, 0.2) is 41.3 Å². The number of amides is 1. The zero-order valence-electron chi connectivity index (χ0n) is 10.8. The monoisotopic (exact) mass is 284 g/mol. The normalized spacial score (nSPS) is 16.8. The van der Waals surface area contributed by atoms with Crippen LogP contribution >= 0.6 is 11.8 Å². The number of benzene rings is 1. The Morgan fingerprint density at radius 1 is 1.35 bits per heavy atom. The first-order valence-corrected chi connectivity index (χ1v) is 6.87. The molecule has 0 atom stereocenters. The molecule has 1 aliphatic rings. The molecule has 1 aromatic carbocycles. The minimum absolute atomic E-state index is 0.153. The zero-order valence-corrected chi connectivity index (χ0v) is 11.6. The lowest BCUT2D eigenvalue weighted by atomic mass is 10.3. The standard InChI is InChI=1S/C14H12N4OS/c1-9-7-10(8-12-13(19)16-14(15)20-12)17-18(9)11-5-3-2-4-6-11/h2-8H,1H3,(H2,15,16,19). The first-order chi connectivity index (χ1) is 9.63. The number of hydrogen-bond acceptors (Lipinski definition) is 4.